The molecule has 0 atom stereocenters. The molecule has 2 heterocycles. The third-order valence-electron chi connectivity index (χ3n) is 16.6. The van der Waals surface area contributed by atoms with Crippen molar-refractivity contribution in [1.82, 2.24) is 0 Å². The van der Waals surface area contributed by atoms with E-state index >= 15 is 0 Å². The Balaban J connectivity index is 1.07. The van der Waals surface area contributed by atoms with Crippen LogP contribution in [0.2, 0.25) is 0 Å². The summed E-state index contributed by atoms with van der Waals surface area (Å²) in [5.74, 6) is 0. The minimum Gasteiger partial charge on any atom is -0.309 e. The fourth-order valence-electron chi connectivity index (χ4n) is 13.2. The van der Waals surface area contributed by atoms with Crippen LogP contribution in [0.15, 0.2) is 206 Å². The van der Waals surface area contributed by atoms with E-state index in [1.165, 1.54) is 118 Å². The van der Waals surface area contributed by atoms with E-state index in [4.69, 9.17) is 0 Å². The molecule has 0 radical (unpaired) electrons. The lowest BCUT2D eigenvalue weighted by Crippen LogP contribution is -2.40. The summed E-state index contributed by atoms with van der Waals surface area (Å²) in [4.78, 5) is 5.06. The summed E-state index contributed by atoms with van der Waals surface area (Å²) >= 11 is 3.87. The van der Waals surface area contributed by atoms with Gasteiger partial charge in [-0.15, -0.1) is 22.7 Å². The molecule has 1 spiro atoms. The first-order valence-electron chi connectivity index (χ1n) is 26.3. The summed E-state index contributed by atoms with van der Waals surface area (Å²) < 4.78 is 5.37. The zero-order valence-electron chi connectivity index (χ0n) is 42.8. The lowest BCUT2D eigenvalue weighted by molar-refractivity contribution is 0.563. The summed E-state index contributed by atoms with van der Waals surface area (Å²) in [6.07, 6.45) is 2.00. The maximum atomic E-state index is 2.53. The van der Waals surface area contributed by atoms with Crippen molar-refractivity contribution < 1.29 is 0 Å². The molecular formula is C70H56N2S2. The molecule has 0 amide bonds. The minimum absolute atomic E-state index is 0.202. The molecule has 0 aliphatic heterocycles. The molecule has 358 valence electrons. The van der Waals surface area contributed by atoms with Crippen LogP contribution in [0.4, 0.5) is 34.1 Å². The molecule has 10 aromatic carbocycles. The van der Waals surface area contributed by atoms with Crippen LogP contribution in [-0.4, -0.2) is 0 Å². The van der Waals surface area contributed by atoms with Crippen molar-refractivity contribution in [3.63, 3.8) is 0 Å². The largest absolute Gasteiger partial charge is 0.309 e. The van der Waals surface area contributed by atoms with Crippen LogP contribution < -0.4 is 9.80 Å². The standard InChI is InChI=1S/C70H56N2S2/c1-7-45-21-15-25-51-53-27-17-33-63(67(53)73-65(45)51)71(47-23-13-19-43(3)39-47)49-35-37-57-55(41-49)56-42-50(36-38-58(56)70(57)61-31-11-9-29-59(61)69(5,6)60-30-10-12-32-62(60)70)72(48-24-14-20-44(4)40-48)64-34-18-28-54-52-26-16-22-46(8-2)66(52)74-68(54)64/h9-42H,7-8H2,1-6H3. The quantitative estimate of drug-likeness (QED) is 0.150. The van der Waals surface area contributed by atoms with Gasteiger partial charge in [0.05, 0.1) is 26.2 Å². The summed E-state index contributed by atoms with van der Waals surface area (Å²) in [6.45, 7) is 13.8. The van der Waals surface area contributed by atoms with Gasteiger partial charge in [0.2, 0.25) is 0 Å². The van der Waals surface area contributed by atoms with Gasteiger partial charge >= 0.3 is 0 Å². The average Bonchev–Trinajstić information content (AvgIpc) is 4.13. The van der Waals surface area contributed by atoms with Gasteiger partial charge in [0.1, 0.15) is 0 Å². The summed E-state index contributed by atoms with van der Waals surface area (Å²) in [5, 5.41) is 5.28. The van der Waals surface area contributed by atoms with Crippen molar-refractivity contribution in [3.8, 4) is 11.1 Å². The van der Waals surface area contributed by atoms with Crippen molar-refractivity contribution in [2.24, 2.45) is 0 Å². The van der Waals surface area contributed by atoms with Gasteiger partial charge in [0.15, 0.2) is 0 Å². The second kappa shape index (κ2) is 16.9. The highest BCUT2D eigenvalue weighted by Gasteiger charge is 2.53. The summed E-state index contributed by atoms with van der Waals surface area (Å²) in [6, 6.07) is 79.0. The number of nitrogens with zero attached hydrogens (tertiary/aromatic N) is 2. The number of benzene rings is 10. The van der Waals surface area contributed by atoms with Crippen molar-refractivity contribution in [2.75, 3.05) is 9.80 Å². The van der Waals surface area contributed by atoms with Gasteiger partial charge in [0, 0.05) is 59.1 Å². The minimum atomic E-state index is -0.559. The normalized spacial score (nSPS) is 13.9. The monoisotopic (exact) mass is 988 g/mol. The second-order valence-electron chi connectivity index (χ2n) is 21.1. The Morgan fingerprint density at radius 3 is 1.15 bits per heavy atom. The highest BCUT2D eigenvalue weighted by molar-refractivity contribution is 7.27. The third kappa shape index (κ3) is 6.41. The van der Waals surface area contributed by atoms with Gasteiger partial charge in [-0.2, -0.15) is 0 Å². The van der Waals surface area contributed by atoms with Gasteiger partial charge < -0.3 is 9.80 Å². The Kier molecular flexibility index (Phi) is 10.3. The van der Waals surface area contributed by atoms with Crippen molar-refractivity contribution in [2.45, 2.75) is 65.2 Å². The fourth-order valence-corrected chi connectivity index (χ4v) is 16.0. The van der Waals surface area contributed by atoms with Crippen molar-refractivity contribution in [1.29, 1.82) is 0 Å². The molecule has 2 aromatic heterocycles. The molecule has 0 bridgehead atoms. The van der Waals surface area contributed by atoms with Crippen molar-refractivity contribution >= 4 is 97.1 Å². The van der Waals surface area contributed by atoms with E-state index in [9.17, 15) is 0 Å². The van der Waals surface area contributed by atoms with Crippen LogP contribution in [0.25, 0.3) is 51.5 Å². The van der Waals surface area contributed by atoms with E-state index in [0.29, 0.717) is 0 Å². The molecule has 14 rings (SSSR count). The molecule has 12 aromatic rings. The van der Waals surface area contributed by atoms with E-state index in [0.717, 1.165) is 35.6 Å². The Bertz CT molecular complexity index is 3990. The molecule has 0 saturated heterocycles. The number of fused-ring (bicyclic) bond motifs is 15. The molecule has 0 fully saturated rings. The van der Waals surface area contributed by atoms with Crippen LogP contribution in [0.3, 0.4) is 0 Å². The average molecular weight is 989 g/mol. The molecule has 4 heteroatoms. The van der Waals surface area contributed by atoms with Gasteiger partial charge in [-0.05, 0) is 154 Å². The third-order valence-corrected chi connectivity index (χ3v) is 19.2. The van der Waals surface area contributed by atoms with E-state index in [1.54, 1.807) is 0 Å². The molecule has 74 heavy (non-hydrogen) atoms. The van der Waals surface area contributed by atoms with Gasteiger partial charge in [-0.3, -0.25) is 0 Å². The first kappa shape index (κ1) is 44.9. The molecule has 0 N–H and O–H groups in total. The van der Waals surface area contributed by atoms with Gasteiger partial charge in [0.25, 0.3) is 0 Å². The maximum absolute atomic E-state index is 2.53. The van der Waals surface area contributed by atoms with E-state index in [1.807, 2.05) is 22.7 Å². The molecular weight excluding hydrogens is 933 g/mol. The number of hydrogen-bond acceptors (Lipinski definition) is 4. The Labute approximate surface area is 442 Å². The summed E-state index contributed by atoms with van der Waals surface area (Å²) in [7, 11) is 0. The van der Waals surface area contributed by atoms with Crippen LogP contribution >= 0.6 is 22.7 Å². The predicted molar refractivity (Wildman–Crippen MR) is 319 cm³/mol. The molecule has 0 saturated carbocycles. The molecule has 2 aliphatic carbocycles. The Hall–Kier alpha value is -7.76. The highest BCUT2D eigenvalue weighted by Crippen LogP contribution is 2.64. The van der Waals surface area contributed by atoms with E-state index in [-0.39, 0.29) is 5.41 Å². The van der Waals surface area contributed by atoms with Crippen LogP contribution in [0, 0.1) is 13.8 Å². The lowest BCUT2D eigenvalue weighted by atomic mass is 9.55. The van der Waals surface area contributed by atoms with E-state index in [2.05, 4.69) is 258 Å². The first-order valence-corrected chi connectivity index (χ1v) is 27.9. The molecule has 2 nitrogen and oxygen atoms in total. The zero-order chi connectivity index (χ0) is 50.0. The Morgan fingerprint density at radius 2 is 0.730 bits per heavy atom. The second-order valence-corrected chi connectivity index (χ2v) is 23.1. The molecule has 2 aliphatic rings. The SMILES string of the molecule is CCc1cccc2c1sc1c(N(c3cccc(C)c3)c3ccc4c(c3)-c3cc(N(c5cccc(C)c5)c5cccc6c5sc5c(CC)cccc56)ccc3C43c4ccccc4C(C)(C)c4ccccc43)cccc12. The Morgan fingerprint density at radius 1 is 0.351 bits per heavy atom. The van der Waals surface area contributed by atoms with Crippen molar-refractivity contribution in [3.05, 3.63) is 262 Å². The maximum Gasteiger partial charge on any atom is 0.0719 e. The number of rotatable bonds is 8. The van der Waals surface area contributed by atoms with Crippen LogP contribution in [0.1, 0.15) is 83.3 Å². The summed E-state index contributed by atoms with van der Waals surface area (Å²) in [5.41, 5.74) is 22.1. The predicted octanol–water partition coefficient (Wildman–Crippen LogP) is 20.1. The van der Waals surface area contributed by atoms with Gasteiger partial charge in [-0.25, -0.2) is 0 Å². The highest BCUT2D eigenvalue weighted by atomic mass is 32.1. The van der Waals surface area contributed by atoms with Gasteiger partial charge in [-0.1, -0.05) is 173 Å². The van der Waals surface area contributed by atoms with E-state index < -0.39 is 5.41 Å². The number of aryl methyl sites for hydroxylation is 4. The van der Waals surface area contributed by atoms with Crippen LogP contribution in [0.5, 0.6) is 0 Å². The number of hydrogen-bond donors (Lipinski definition) is 0. The smallest absolute Gasteiger partial charge is 0.0719 e. The number of anilines is 6. The number of thiophene rings is 2. The zero-order valence-corrected chi connectivity index (χ0v) is 44.4. The molecule has 0 unspecified atom stereocenters. The topological polar surface area (TPSA) is 6.48 Å². The lowest BCUT2D eigenvalue weighted by Gasteiger charge is -2.46. The van der Waals surface area contributed by atoms with Crippen LogP contribution in [-0.2, 0) is 23.7 Å². The first-order chi connectivity index (χ1) is 36.2. The fraction of sp³-hybridized carbons (Fsp3) is 0.143.